The average Bonchev–Trinajstić information content (AvgIpc) is 2.87. The van der Waals surface area contributed by atoms with Gasteiger partial charge in [0.25, 0.3) is 5.56 Å². The Labute approximate surface area is 212 Å². The maximum absolute atomic E-state index is 12.8. The fourth-order valence-electron chi connectivity index (χ4n) is 3.34. The van der Waals surface area contributed by atoms with E-state index in [-0.39, 0.29) is 11.3 Å². The molecule has 0 saturated heterocycles. The Morgan fingerprint density at radius 3 is 2.15 bits per heavy atom. The fraction of sp³-hybridized carbons (Fsp3) is 0.148. The highest BCUT2D eigenvalue weighted by atomic mass is 35.5. The van der Waals surface area contributed by atoms with Crippen molar-refractivity contribution < 1.29 is 4.79 Å². The van der Waals surface area contributed by atoms with Crippen LogP contribution in [0.4, 0.5) is 0 Å². The normalized spacial score (nSPS) is 10.9. The highest BCUT2D eigenvalue weighted by Gasteiger charge is 2.13. The molecule has 3 aromatic carbocycles. The predicted molar refractivity (Wildman–Crippen MR) is 141 cm³/mol. The summed E-state index contributed by atoms with van der Waals surface area (Å²) in [6, 6.07) is 24.5. The fourth-order valence-corrected chi connectivity index (χ4v) is 5.34. The molecular formula is C27H23ClN2O2S2. The lowest BCUT2D eigenvalue weighted by Gasteiger charge is -2.12. The Morgan fingerprint density at radius 2 is 1.50 bits per heavy atom. The van der Waals surface area contributed by atoms with E-state index in [1.54, 1.807) is 47.6 Å². The third kappa shape index (κ3) is 5.81. The molecule has 1 aromatic heterocycles. The molecule has 0 aliphatic rings. The Balaban J connectivity index is 1.45. The van der Waals surface area contributed by atoms with Crippen molar-refractivity contribution in [3.63, 3.8) is 0 Å². The molecule has 0 aliphatic heterocycles. The number of carbonyl (C=O) groups excluding carboxylic acids is 1. The smallest absolute Gasteiger partial charge is 0.257 e. The van der Waals surface area contributed by atoms with Crippen LogP contribution in [0.25, 0.3) is 0 Å². The number of carbonyl (C=O) groups is 1. The third-order valence-electron chi connectivity index (χ3n) is 5.39. The number of rotatable bonds is 8. The van der Waals surface area contributed by atoms with E-state index in [1.807, 2.05) is 49.4 Å². The topological polar surface area (TPSA) is 52.0 Å². The van der Waals surface area contributed by atoms with Crippen molar-refractivity contribution in [1.29, 1.82) is 0 Å². The van der Waals surface area contributed by atoms with E-state index < -0.39 is 0 Å². The number of hydrogen-bond acceptors (Lipinski definition) is 5. The molecule has 0 radical (unpaired) electrons. The zero-order valence-corrected chi connectivity index (χ0v) is 21.2. The first-order valence-electron chi connectivity index (χ1n) is 10.7. The second kappa shape index (κ2) is 11.1. The third-order valence-corrected chi connectivity index (χ3v) is 7.76. The van der Waals surface area contributed by atoms with E-state index in [2.05, 4.69) is 12.1 Å². The van der Waals surface area contributed by atoms with Gasteiger partial charge in [0, 0.05) is 45.2 Å². The molecule has 7 heteroatoms. The second-order valence-corrected chi connectivity index (χ2v) is 10.2. The van der Waals surface area contributed by atoms with E-state index in [9.17, 15) is 9.59 Å². The van der Waals surface area contributed by atoms with E-state index >= 15 is 0 Å². The molecule has 0 amide bonds. The van der Waals surface area contributed by atoms with Gasteiger partial charge in [0.05, 0.1) is 5.69 Å². The van der Waals surface area contributed by atoms with Crippen LogP contribution in [0.3, 0.4) is 0 Å². The summed E-state index contributed by atoms with van der Waals surface area (Å²) in [4.78, 5) is 31.4. The number of ketones is 1. The highest BCUT2D eigenvalue weighted by molar-refractivity contribution is 7.98. The summed E-state index contributed by atoms with van der Waals surface area (Å²) in [6.45, 7) is 1.83. The monoisotopic (exact) mass is 506 g/mol. The van der Waals surface area contributed by atoms with Crippen LogP contribution in [0.15, 0.2) is 93.7 Å². The van der Waals surface area contributed by atoms with Gasteiger partial charge in [-0.25, -0.2) is 4.98 Å². The zero-order valence-electron chi connectivity index (χ0n) is 18.8. The van der Waals surface area contributed by atoms with Gasteiger partial charge in [-0.05, 0) is 48.9 Å². The van der Waals surface area contributed by atoms with Gasteiger partial charge in [0.1, 0.15) is 0 Å². The summed E-state index contributed by atoms with van der Waals surface area (Å²) in [5.41, 5.74) is 3.74. The second-order valence-electron chi connectivity index (χ2n) is 7.75. The lowest BCUT2D eigenvalue weighted by atomic mass is 10.0. The molecular weight excluding hydrogens is 484 g/mol. The van der Waals surface area contributed by atoms with Gasteiger partial charge in [-0.2, -0.15) is 0 Å². The standard InChI is InChI=1S/C27H23ClN2O2S2/c1-18-24(17-33-23-6-4-3-5-7-23)29-27(30(2)26(18)32)34-16-19-8-10-20(11-9-19)25(31)21-12-14-22(28)15-13-21/h3-15H,16-17H2,1-2H3. The van der Waals surface area contributed by atoms with Gasteiger partial charge >= 0.3 is 0 Å². The maximum Gasteiger partial charge on any atom is 0.257 e. The van der Waals surface area contributed by atoms with Crippen molar-refractivity contribution >= 4 is 40.9 Å². The number of thioether (sulfide) groups is 2. The molecule has 0 N–H and O–H groups in total. The van der Waals surface area contributed by atoms with Crippen molar-refractivity contribution in [2.45, 2.75) is 28.5 Å². The molecule has 0 aliphatic carbocycles. The molecule has 4 rings (SSSR count). The minimum Gasteiger partial charge on any atom is -0.291 e. The van der Waals surface area contributed by atoms with E-state index in [4.69, 9.17) is 16.6 Å². The molecule has 0 bridgehead atoms. The van der Waals surface area contributed by atoms with Crippen molar-refractivity contribution in [1.82, 2.24) is 9.55 Å². The van der Waals surface area contributed by atoms with Gasteiger partial charge in [0.2, 0.25) is 0 Å². The first kappa shape index (κ1) is 24.3. The number of benzene rings is 3. The van der Waals surface area contributed by atoms with E-state index in [0.29, 0.717) is 38.4 Å². The minimum atomic E-state index is -0.0426. The first-order chi connectivity index (χ1) is 16.4. The molecule has 0 spiro atoms. The van der Waals surface area contributed by atoms with Crippen LogP contribution in [-0.2, 0) is 18.6 Å². The van der Waals surface area contributed by atoms with Crippen LogP contribution >= 0.6 is 35.1 Å². The summed E-state index contributed by atoms with van der Waals surface area (Å²) in [7, 11) is 1.76. The van der Waals surface area contributed by atoms with Gasteiger partial charge in [-0.3, -0.25) is 14.2 Å². The minimum absolute atomic E-state index is 0.0231. The molecule has 1 heterocycles. The zero-order chi connectivity index (χ0) is 24.1. The lowest BCUT2D eigenvalue weighted by Crippen LogP contribution is -2.24. The highest BCUT2D eigenvalue weighted by Crippen LogP contribution is 2.25. The van der Waals surface area contributed by atoms with Crippen molar-refractivity contribution in [3.05, 3.63) is 122 Å². The van der Waals surface area contributed by atoms with Crippen molar-refractivity contribution in [2.75, 3.05) is 0 Å². The summed E-state index contributed by atoms with van der Waals surface area (Å²) in [5, 5.41) is 1.28. The van der Waals surface area contributed by atoms with E-state index in [0.717, 1.165) is 16.2 Å². The van der Waals surface area contributed by atoms with Crippen LogP contribution in [0.1, 0.15) is 32.7 Å². The quantitative estimate of drug-likeness (QED) is 0.154. The number of nitrogens with zero attached hydrogens (tertiary/aromatic N) is 2. The number of aromatic nitrogens is 2. The van der Waals surface area contributed by atoms with Gasteiger partial charge in [-0.1, -0.05) is 65.8 Å². The van der Waals surface area contributed by atoms with Crippen molar-refractivity contribution in [2.24, 2.45) is 7.05 Å². The van der Waals surface area contributed by atoms with Crippen LogP contribution < -0.4 is 5.56 Å². The molecule has 0 unspecified atom stereocenters. The summed E-state index contributed by atoms with van der Waals surface area (Å²) >= 11 is 9.10. The Morgan fingerprint density at radius 1 is 0.882 bits per heavy atom. The van der Waals surface area contributed by atoms with Crippen LogP contribution in [0, 0.1) is 6.92 Å². The summed E-state index contributed by atoms with van der Waals surface area (Å²) < 4.78 is 1.61. The SMILES string of the molecule is Cc1c(CSc2ccccc2)nc(SCc2ccc(C(=O)c3ccc(Cl)cc3)cc2)n(C)c1=O. The molecule has 0 saturated carbocycles. The Hall–Kier alpha value is -2.80. The molecule has 4 nitrogen and oxygen atoms in total. The van der Waals surface area contributed by atoms with E-state index in [1.165, 1.54) is 11.8 Å². The van der Waals surface area contributed by atoms with Crippen LogP contribution in [0.2, 0.25) is 5.02 Å². The Kier molecular flexibility index (Phi) is 7.93. The molecule has 172 valence electrons. The average molecular weight is 507 g/mol. The molecule has 0 atom stereocenters. The number of halogens is 1. The van der Waals surface area contributed by atoms with Gasteiger partial charge in [-0.15, -0.1) is 11.8 Å². The van der Waals surface area contributed by atoms with Crippen molar-refractivity contribution in [3.8, 4) is 0 Å². The van der Waals surface area contributed by atoms with Gasteiger partial charge < -0.3 is 0 Å². The van der Waals surface area contributed by atoms with Crippen LogP contribution in [-0.4, -0.2) is 15.3 Å². The lowest BCUT2D eigenvalue weighted by molar-refractivity contribution is 0.103. The number of hydrogen-bond donors (Lipinski definition) is 0. The Bertz CT molecular complexity index is 1350. The first-order valence-corrected chi connectivity index (χ1v) is 13.0. The van der Waals surface area contributed by atoms with Gasteiger partial charge in [0.15, 0.2) is 10.9 Å². The molecule has 4 aromatic rings. The predicted octanol–water partition coefficient (Wildman–Crippen LogP) is 6.56. The molecule has 34 heavy (non-hydrogen) atoms. The molecule has 0 fully saturated rings. The largest absolute Gasteiger partial charge is 0.291 e. The van der Waals surface area contributed by atoms with Crippen LogP contribution in [0.5, 0.6) is 0 Å². The summed E-state index contributed by atoms with van der Waals surface area (Å²) in [6.07, 6.45) is 0. The maximum atomic E-state index is 12.8. The summed E-state index contributed by atoms with van der Waals surface area (Å²) in [5.74, 6) is 1.24.